The minimum Gasteiger partial charge on any atom is -0.343 e. The number of likely N-dealkylation sites (N-methyl/N-ethyl adjacent to an activating group) is 1. The Morgan fingerprint density at radius 1 is 1.38 bits per heavy atom. The van der Waals surface area contributed by atoms with Gasteiger partial charge in [-0.2, -0.15) is 0 Å². The van der Waals surface area contributed by atoms with Crippen LogP contribution < -0.4 is 0 Å². The van der Waals surface area contributed by atoms with E-state index in [-0.39, 0.29) is 17.9 Å². The molecular formula is C10H15N3O3. The molecule has 6 nitrogen and oxygen atoms in total. The Balaban J connectivity index is 2.05. The zero-order valence-corrected chi connectivity index (χ0v) is 9.38. The Morgan fingerprint density at radius 3 is 2.75 bits per heavy atom. The third-order valence-electron chi connectivity index (χ3n) is 4.35. The highest BCUT2D eigenvalue weighted by Crippen LogP contribution is 2.44. The molecule has 1 N–H and O–H groups in total. The Labute approximate surface area is 93.4 Å². The van der Waals surface area contributed by atoms with Gasteiger partial charge in [0.15, 0.2) is 0 Å². The maximum absolute atomic E-state index is 12.1. The summed E-state index contributed by atoms with van der Waals surface area (Å²) in [4.78, 5) is 27.2. The van der Waals surface area contributed by atoms with Crippen LogP contribution in [0.2, 0.25) is 0 Å². The van der Waals surface area contributed by atoms with E-state index in [1.807, 2.05) is 6.92 Å². The van der Waals surface area contributed by atoms with Crippen LogP contribution in [0.5, 0.6) is 0 Å². The number of carbonyl (C=O) groups excluding carboxylic acids is 2. The van der Waals surface area contributed by atoms with Crippen LogP contribution in [0.15, 0.2) is 0 Å². The number of carbonyl (C=O) groups is 2. The first-order chi connectivity index (χ1) is 7.46. The topological polar surface area (TPSA) is 64.1 Å². The van der Waals surface area contributed by atoms with E-state index < -0.39 is 11.6 Å². The van der Waals surface area contributed by atoms with Gasteiger partial charge in [-0.25, -0.2) is 9.86 Å². The first-order valence-corrected chi connectivity index (χ1v) is 5.51. The van der Waals surface area contributed by atoms with Crippen molar-refractivity contribution in [1.29, 1.82) is 0 Å². The summed E-state index contributed by atoms with van der Waals surface area (Å²) in [6, 6.07) is -0.580. The maximum atomic E-state index is 12.1. The molecule has 0 spiro atoms. The van der Waals surface area contributed by atoms with Gasteiger partial charge in [-0.3, -0.25) is 10.0 Å². The highest BCUT2D eigenvalue weighted by atomic mass is 16.5. The minimum atomic E-state index is -0.750. The molecule has 0 unspecified atom stereocenters. The molecule has 3 atom stereocenters. The van der Waals surface area contributed by atoms with E-state index in [1.54, 1.807) is 11.9 Å². The summed E-state index contributed by atoms with van der Waals surface area (Å²) in [7, 11) is 1.77. The van der Waals surface area contributed by atoms with E-state index in [4.69, 9.17) is 0 Å². The van der Waals surface area contributed by atoms with Crippen molar-refractivity contribution in [3.63, 3.8) is 0 Å². The molecule has 0 aromatic carbocycles. The average Bonchev–Trinajstić information content (AvgIpc) is 2.62. The van der Waals surface area contributed by atoms with Gasteiger partial charge in [-0.1, -0.05) is 0 Å². The van der Waals surface area contributed by atoms with E-state index >= 15 is 0 Å². The molecule has 0 aromatic heterocycles. The minimum absolute atomic E-state index is 0.0143. The second kappa shape index (κ2) is 2.68. The van der Waals surface area contributed by atoms with Gasteiger partial charge in [0.1, 0.15) is 5.54 Å². The first kappa shape index (κ1) is 9.89. The van der Waals surface area contributed by atoms with Crippen LogP contribution in [0.3, 0.4) is 0 Å². The Morgan fingerprint density at radius 2 is 2.06 bits per heavy atom. The van der Waals surface area contributed by atoms with Gasteiger partial charge in [0, 0.05) is 26.1 Å². The predicted octanol–water partition coefficient (Wildman–Crippen LogP) is -0.268. The summed E-state index contributed by atoms with van der Waals surface area (Å²) in [5, 5.41) is 10.4. The van der Waals surface area contributed by atoms with Crippen molar-refractivity contribution >= 4 is 11.9 Å². The summed E-state index contributed by atoms with van der Waals surface area (Å²) in [6.45, 7) is 2.95. The first-order valence-electron chi connectivity index (χ1n) is 5.51. The molecule has 3 aliphatic rings. The van der Waals surface area contributed by atoms with Crippen LogP contribution in [-0.2, 0) is 4.79 Å². The van der Waals surface area contributed by atoms with E-state index in [1.165, 1.54) is 4.90 Å². The fourth-order valence-corrected chi connectivity index (χ4v) is 3.33. The highest BCUT2D eigenvalue weighted by Gasteiger charge is 2.62. The Kier molecular flexibility index (Phi) is 1.66. The smallest absolute Gasteiger partial charge is 0.343 e. The maximum Gasteiger partial charge on any atom is 0.345 e. The molecular weight excluding hydrogens is 210 g/mol. The van der Waals surface area contributed by atoms with Crippen molar-refractivity contribution < 1.29 is 14.8 Å². The summed E-state index contributed by atoms with van der Waals surface area (Å²) in [5.74, 6) is 0.115. The monoisotopic (exact) mass is 225 g/mol. The van der Waals surface area contributed by atoms with Gasteiger partial charge in [-0.15, -0.1) is 0 Å². The highest BCUT2D eigenvalue weighted by molar-refractivity contribution is 5.94. The zero-order chi connectivity index (χ0) is 11.7. The number of hydrogen-bond acceptors (Lipinski definition) is 3. The number of urea groups is 1. The molecule has 3 amide bonds. The van der Waals surface area contributed by atoms with E-state index in [0.29, 0.717) is 19.5 Å². The molecule has 16 heavy (non-hydrogen) atoms. The van der Waals surface area contributed by atoms with Crippen molar-refractivity contribution in [3.8, 4) is 0 Å². The number of likely N-dealkylation sites (tertiary alicyclic amines) is 1. The second-order valence-corrected chi connectivity index (χ2v) is 5.16. The lowest BCUT2D eigenvalue weighted by Crippen LogP contribution is -2.58. The quantitative estimate of drug-likeness (QED) is 0.577. The van der Waals surface area contributed by atoms with Crippen molar-refractivity contribution in [2.24, 2.45) is 5.92 Å². The van der Waals surface area contributed by atoms with Crippen LogP contribution in [0.4, 0.5) is 4.79 Å². The number of fused-ring (bicyclic) bond motifs is 4. The lowest BCUT2D eigenvalue weighted by Gasteiger charge is -2.39. The van der Waals surface area contributed by atoms with Crippen LogP contribution in [0, 0.1) is 5.92 Å². The summed E-state index contributed by atoms with van der Waals surface area (Å²) in [5.41, 5.74) is -0.750. The van der Waals surface area contributed by atoms with Crippen molar-refractivity contribution in [3.05, 3.63) is 0 Å². The molecule has 0 aromatic rings. The molecule has 0 saturated carbocycles. The second-order valence-electron chi connectivity index (χ2n) is 5.16. The van der Waals surface area contributed by atoms with Crippen LogP contribution in [0.1, 0.15) is 13.3 Å². The molecule has 6 heteroatoms. The third-order valence-corrected chi connectivity index (χ3v) is 4.35. The van der Waals surface area contributed by atoms with Crippen molar-refractivity contribution in [2.75, 3.05) is 20.1 Å². The third kappa shape index (κ3) is 0.870. The fraction of sp³-hybridized carbons (Fsp3) is 0.800. The van der Waals surface area contributed by atoms with Gasteiger partial charge < -0.3 is 9.80 Å². The summed E-state index contributed by atoms with van der Waals surface area (Å²) in [6.07, 6.45) is 0.700. The van der Waals surface area contributed by atoms with Crippen LogP contribution in [0.25, 0.3) is 0 Å². The molecule has 3 fully saturated rings. The predicted molar refractivity (Wildman–Crippen MR) is 53.7 cm³/mol. The van der Waals surface area contributed by atoms with E-state index in [0.717, 1.165) is 5.06 Å². The standard InChI is InChI=1S/C10H15N3O3/c1-10-6(4-11(2)8(10)14)3-7-5-12(10)9(15)13(7)16/h6-7,16H,3-5H2,1-2H3/t6-,7+,10-/m0/s1. The molecule has 0 aliphatic carbocycles. The van der Waals surface area contributed by atoms with E-state index in [2.05, 4.69) is 0 Å². The lowest BCUT2D eigenvalue weighted by molar-refractivity contribution is -0.136. The van der Waals surface area contributed by atoms with E-state index in [9.17, 15) is 14.8 Å². The van der Waals surface area contributed by atoms with Gasteiger partial charge in [0.05, 0.1) is 6.04 Å². The number of rotatable bonds is 0. The zero-order valence-electron chi connectivity index (χ0n) is 9.38. The Bertz CT molecular complexity index is 386. The molecule has 3 heterocycles. The number of hydrogen-bond donors (Lipinski definition) is 1. The molecule has 3 aliphatic heterocycles. The number of piperidine rings is 1. The van der Waals surface area contributed by atoms with Gasteiger partial charge in [0.25, 0.3) is 0 Å². The van der Waals surface area contributed by atoms with Gasteiger partial charge in [-0.05, 0) is 13.3 Å². The molecule has 3 saturated heterocycles. The van der Waals surface area contributed by atoms with Gasteiger partial charge >= 0.3 is 6.03 Å². The van der Waals surface area contributed by atoms with Crippen LogP contribution in [-0.4, -0.2) is 63.7 Å². The normalized spacial score (nSPS) is 42.1. The molecule has 88 valence electrons. The summed E-state index contributed by atoms with van der Waals surface area (Å²) >= 11 is 0. The average molecular weight is 225 g/mol. The van der Waals surface area contributed by atoms with Crippen molar-refractivity contribution in [1.82, 2.24) is 14.9 Å². The summed E-state index contributed by atoms with van der Waals surface area (Å²) < 4.78 is 0. The van der Waals surface area contributed by atoms with Crippen LogP contribution >= 0.6 is 0 Å². The van der Waals surface area contributed by atoms with Crippen molar-refractivity contribution in [2.45, 2.75) is 24.9 Å². The number of hydroxylamine groups is 2. The molecule has 2 bridgehead atoms. The number of amides is 3. The van der Waals surface area contributed by atoms with Gasteiger partial charge in [0.2, 0.25) is 5.91 Å². The number of nitrogens with zero attached hydrogens (tertiary/aromatic N) is 3. The lowest BCUT2D eigenvalue weighted by atomic mass is 9.79. The molecule has 0 radical (unpaired) electrons. The largest absolute Gasteiger partial charge is 0.345 e. The SMILES string of the molecule is CN1C[C@@H]2C[C@@H]3CN(C(=O)N3O)[C@]2(C)C1=O. The fourth-order valence-electron chi connectivity index (χ4n) is 3.33. The molecule has 3 rings (SSSR count). The Hall–Kier alpha value is -1.30.